The van der Waals surface area contributed by atoms with Gasteiger partial charge in [0, 0.05) is 5.56 Å². The van der Waals surface area contributed by atoms with Crippen LogP contribution in [-0.4, -0.2) is 19.2 Å². The molecule has 0 fully saturated rings. The summed E-state index contributed by atoms with van der Waals surface area (Å²) in [6.07, 6.45) is 3.11. The second-order valence-electron chi connectivity index (χ2n) is 7.09. The van der Waals surface area contributed by atoms with E-state index in [1.54, 1.807) is 96.3 Å². The number of hydrogen-bond donors (Lipinski definition) is 0. The summed E-state index contributed by atoms with van der Waals surface area (Å²) in [5.74, 6) is 0.853. The van der Waals surface area contributed by atoms with Gasteiger partial charge in [-0.3, -0.25) is 4.79 Å². The molecule has 0 saturated carbocycles. The maximum atomic E-state index is 13.3. The van der Waals surface area contributed by atoms with Crippen molar-refractivity contribution >= 4 is 15.7 Å². The van der Waals surface area contributed by atoms with E-state index in [0.29, 0.717) is 22.6 Å². The lowest BCUT2D eigenvalue weighted by Gasteiger charge is -2.21. The molecule has 7 heteroatoms. The number of rotatable bonds is 8. The van der Waals surface area contributed by atoms with Crippen molar-refractivity contribution in [1.82, 2.24) is 4.90 Å². The van der Waals surface area contributed by atoms with E-state index in [-0.39, 0.29) is 29.6 Å². The van der Waals surface area contributed by atoms with E-state index in [1.807, 2.05) is 0 Å². The summed E-state index contributed by atoms with van der Waals surface area (Å²) in [5.41, 5.74) is 0.949. The smallest absolute Gasteiger partial charge is 0.254 e. The Hall–Kier alpha value is -3.58. The number of carbonyl (C=O) groups is 1. The largest absolute Gasteiger partial charge is 0.467 e. The number of nitrogens with zero attached hydrogens (tertiary/aromatic N) is 1. The number of furan rings is 2. The molecule has 0 aliphatic carbocycles. The number of benzene rings is 2. The molecule has 4 rings (SSSR count). The Bertz CT molecular complexity index is 1190. The van der Waals surface area contributed by atoms with Crippen LogP contribution in [0.1, 0.15) is 27.4 Å². The van der Waals surface area contributed by atoms with Crippen LogP contribution in [0.15, 0.2) is 105 Å². The Balaban J connectivity index is 1.57. The fourth-order valence-electron chi connectivity index (χ4n) is 3.29. The predicted molar refractivity (Wildman–Crippen MR) is 115 cm³/mol. The zero-order chi connectivity index (χ0) is 21.7. The summed E-state index contributed by atoms with van der Waals surface area (Å²) in [6, 6.07) is 22.1. The van der Waals surface area contributed by atoms with Crippen LogP contribution in [-0.2, 0) is 28.7 Å². The molecule has 0 atom stereocenters. The van der Waals surface area contributed by atoms with Gasteiger partial charge in [0.2, 0.25) is 0 Å². The summed E-state index contributed by atoms with van der Waals surface area (Å²) >= 11 is 0. The maximum absolute atomic E-state index is 13.3. The van der Waals surface area contributed by atoms with Crippen LogP contribution in [0.3, 0.4) is 0 Å². The van der Waals surface area contributed by atoms with Crippen molar-refractivity contribution < 1.29 is 22.0 Å². The zero-order valence-corrected chi connectivity index (χ0v) is 17.5. The van der Waals surface area contributed by atoms with Gasteiger partial charge < -0.3 is 13.7 Å². The summed E-state index contributed by atoms with van der Waals surface area (Å²) < 4.78 is 36.2. The highest BCUT2D eigenvalue weighted by Crippen LogP contribution is 2.19. The Kier molecular flexibility index (Phi) is 6.04. The van der Waals surface area contributed by atoms with Crippen molar-refractivity contribution in [3.63, 3.8) is 0 Å². The monoisotopic (exact) mass is 435 g/mol. The minimum Gasteiger partial charge on any atom is -0.467 e. The molecule has 0 saturated heterocycles. The lowest BCUT2D eigenvalue weighted by atomic mass is 10.1. The molecule has 158 valence electrons. The fraction of sp³-hybridized carbons (Fsp3) is 0.125. The highest BCUT2D eigenvalue weighted by Gasteiger charge is 2.21. The standard InChI is InChI=1S/C24H21NO5S/c26-24(25(16-21-9-5-13-29-21)17-22-10-6-14-30-22)20-8-4-7-19(15-20)18-31(27,28)23-11-2-1-3-12-23/h1-15H,16-18H2. The third kappa shape index (κ3) is 5.13. The Labute approximate surface area is 180 Å². The maximum Gasteiger partial charge on any atom is 0.254 e. The van der Waals surface area contributed by atoms with Gasteiger partial charge in [0.1, 0.15) is 11.5 Å². The van der Waals surface area contributed by atoms with Crippen LogP contribution in [0.25, 0.3) is 0 Å². The molecular weight excluding hydrogens is 414 g/mol. The molecule has 2 aromatic carbocycles. The first kappa shape index (κ1) is 20.7. The molecule has 0 aliphatic heterocycles. The molecule has 0 unspecified atom stereocenters. The number of amides is 1. The Morgan fingerprint density at radius 1 is 0.774 bits per heavy atom. The van der Waals surface area contributed by atoms with Gasteiger partial charge in [0.25, 0.3) is 5.91 Å². The van der Waals surface area contributed by atoms with Crippen LogP contribution in [0.5, 0.6) is 0 Å². The first-order valence-corrected chi connectivity index (χ1v) is 11.4. The third-order valence-corrected chi connectivity index (χ3v) is 6.48. The summed E-state index contributed by atoms with van der Waals surface area (Å²) in [7, 11) is -3.51. The lowest BCUT2D eigenvalue weighted by Crippen LogP contribution is -2.30. The lowest BCUT2D eigenvalue weighted by molar-refractivity contribution is 0.0704. The molecular formula is C24H21NO5S. The highest BCUT2D eigenvalue weighted by atomic mass is 32.2. The zero-order valence-electron chi connectivity index (χ0n) is 16.7. The van der Waals surface area contributed by atoms with Gasteiger partial charge >= 0.3 is 0 Å². The van der Waals surface area contributed by atoms with Gasteiger partial charge in [-0.05, 0) is 54.1 Å². The van der Waals surface area contributed by atoms with E-state index in [9.17, 15) is 13.2 Å². The van der Waals surface area contributed by atoms with Crippen molar-refractivity contribution in [2.24, 2.45) is 0 Å². The highest BCUT2D eigenvalue weighted by molar-refractivity contribution is 7.90. The second-order valence-corrected chi connectivity index (χ2v) is 9.08. The molecule has 6 nitrogen and oxygen atoms in total. The molecule has 0 aliphatic rings. The van der Waals surface area contributed by atoms with Gasteiger partial charge in [-0.25, -0.2) is 8.42 Å². The Morgan fingerprint density at radius 2 is 1.42 bits per heavy atom. The van der Waals surface area contributed by atoms with Crippen LogP contribution in [0.4, 0.5) is 0 Å². The molecule has 4 aromatic rings. The summed E-state index contributed by atoms with van der Waals surface area (Å²) in [4.78, 5) is 15.1. The second kappa shape index (κ2) is 9.06. The quantitative estimate of drug-likeness (QED) is 0.401. The van der Waals surface area contributed by atoms with Gasteiger partial charge in [-0.2, -0.15) is 0 Å². The number of carbonyl (C=O) groups excluding carboxylic acids is 1. The van der Waals surface area contributed by atoms with Gasteiger partial charge in [-0.1, -0.05) is 30.3 Å². The average molecular weight is 436 g/mol. The third-order valence-electron chi connectivity index (χ3n) is 4.77. The molecule has 2 heterocycles. The Morgan fingerprint density at radius 3 is 2.00 bits per heavy atom. The van der Waals surface area contributed by atoms with E-state index >= 15 is 0 Å². The van der Waals surface area contributed by atoms with Gasteiger partial charge in [0.15, 0.2) is 9.84 Å². The fourth-order valence-corrected chi connectivity index (χ4v) is 4.64. The van der Waals surface area contributed by atoms with Crippen LogP contribution < -0.4 is 0 Å². The minimum atomic E-state index is -3.51. The number of hydrogen-bond acceptors (Lipinski definition) is 5. The van der Waals surface area contributed by atoms with Crippen LogP contribution in [0, 0.1) is 0 Å². The normalized spacial score (nSPS) is 11.4. The molecule has 0 radical (unpaired) electrons. The first-order valence-electron chi connectivity index (χ1n) is 9.72. The number of sulfone groups is 1. The SMILES string of the molecule is O=C(c1cccc(CS(=O)(=O)c2ccccc2)c1)N(Cc1ccco1)Cc1ccco1. The van der Waals surface area contributed by atoms with Crippen molar-refractivity contribution in [3.8, 4) is 0 Å². The van der Waals surface area contributed by atoms with Crippen molar-refractivity contribution in [2.75, 3.05) is 0 Å². The average Bonchev–Trinajstić information content (AvgIpc) is 3.48. The molecule has 2 aromatic heterocycles. The molecule has 0 spiro atoms. The van der Waals surface area contributed by atoms with E-state index in [2.05, 4.69) is 0 Å². The van der Waals surface area contributed by atoms with Crippen molar-refractivity contribution in [1.29, 1.82) is 0 Å². The molecule has 31 heavy (non-hydrogen) atoms. The van der Waals surface area contributed by atoms with Crippen molar-refractivity contribution in [3.05, 3.63) is 114 Å². The topological polar surface area (TPSA) is 80.7 Å². The van der Waals surface area contributed by atoms with Crippen LogP contribution >= 0.6 is 0 Å². The van der Waals surface area contributed by atoms with Crippen molar-refractivity contribution in [2.45, 2.75) is 23.7 Å². The molecule has 0 bridgehead atoms. The summed E-state index contributed by atoms with van der Waals surface area (Å²) in [6.45, 7) is 0.526. The van der Waals surface area contributed by atoms with E-state index in [4.69, 9.17) is 8.83 Å². The van der Waals surface area contributed by atoms with E-state index in [0.717, 1.165) is 0 Å². The minimum absolute atomic E-state index is 0.186. The van der Waals surface area contributed by atoms with Gasteiger partial charge in [-0.15, -0.1) is 0 Å². The molecule has 1 amide bonds. The molecule has 0 N–H and O–H groups in total. The first-order chi connectivity index (χ1) is 15.0. The van der Waals surface area contributed by atoms with Gasteiger partial charge in [0.05, 0.1) is 36.3 Å². The summed E-state index contributed by atoms with van der Waals surface area (Å²) in [5, 5.41) is 0. The van der Waals surface area contributed by atoms with E-state index < -0.39 is 9.84 Å². The predicted octanol–water partition coefficient (Wildman–Crippen LogP) is 4.69. The van der Waals surface area contributed by atoms with Crippen LogP contribution in [0.2, 0.25) is 0 Å². The van der Waals surface area contributed by atoms with E-state index in [1.165, 1.54) is 0 Å².